The van der Waals surface area contributed by atoms with E-state index in [1.807, 2.05) is 6.07 Å². The molecule has 1 N–H and O–H groups in total. The van der Waals surface area contributed by atoms with Crippen LogP contribution in [0.5, 0.6) is 5.75 Å². The minimum Gasteiger partial charge on any atom is -0.506 e. The van der Waals surface area contributed by atoms with Gasteiger partial charge < -0.3 is 14.9 Å². The summed E-state index contributed by atoms with van der Waals surface area (Å²) < 4.78 is 0. The van der Waals surface area contributed by atoms with Crippen LogP contribution in [0.1, 0.15) is 4.88 Å². The highest BCUT2D eigenvalue weighted by Crippen LogP contribution is 2.19. The Labute approximate surface area is 117 Å². The number of pyridine rings is 1. The summed E-state index contributed by atoms with van der Waals surface area (Å²) in [5.41, 5.74) is 0. The van der Waals surface area contributed by atoms with Gasteiger partial charge in [0.1, 0.15) is 11.6 Å². The van der Waals surface area contributed by atoms with Gasteiger partial charge in [-0.2, -0.15) is 0 Å². The molecule has 0 atom stereocenters. The zero-order valence-electron chi connectivity index (χ0n) is 11.3. The number of hydrogen-bond donors (Lipinski definition) is 1. The number of nitrogens with zero attached hydrogens (tertiary/aromatic N) is 3. The maximum atomic E-state index is 9.33. The Bertz CT molecular complexity index is 482. The average molecular weight is 277 g/mol. The van der Waals surface area contributed by atoms with Crippen molar-refractivity contribution in [3.63, 3.8) is 0 Å². The van der Waals surface area contributed by atoms with E-state index in [1.54, 1.807) is 17.4 Å². The topological polar surface area (TPSA) is 39.6 Å². The summed E-state index contributed by atoms with van der Waals surface area (Å²) in [6.07, 6.45) is 1.49. The highest BCUT2D eigenvalue weighted by Gasteiger charge is 2.10. The molecular formula is C14H19N3OS. The Kier molecular flexibility index (Phi) is 4.76. The highest BCUT2D eigenvalue weighted by molar-refractivity contribution is 7.09. The first kappa shape index (κ1) is 13.8. The molecule has 102 valence electrons. The van der Waals surface area contributed by atoms with Crippen LogP contribution in [-0.2, 0) is 6.54 Å². The molecule has 0 bridgehead atoms. The van der Waals surface area contributed by atoms with E-state index in [2.05, 4.69) is 46.4 Å². The second kappa shape index (κ2) is 6.54. The van der Waals surface area contributed by atoms with Gasteiger partial charge in [-0.3, -0.25) is 0 Å². The predicted molar refractivity (Wildman–Crippen MR) is 79.8 cm³/mol. The molecule has 0 aromatic carbocycles. The fraction of sp³-hybridized carbons (Fsp3) is 0.357. The van der Waals surface area contributed by atoms with Crippen LogP contribution in [0.3, 0.4) is 0 Å². The Morgan fingerprint density at radius 1 is 1.21 bits per heavy atom. The van der Waals surface area contributed by atoms with E-state index in [9.17, 15) is 5.11 Å². The summed E-state index contributed by atoms with van der Waals surface area (Å²) in [5.74, 6) is 1.10. The minimum absolute atomic E-state index is 0.201. The molecule has 0 aliphatic rings. The van der Waals surface area contributed by atoms with Gasteiger partial charge in [-0.15, -0.1) is 11.3 Å². The van der Waals surface area contributed by atoms with Gasteiger partial charge in [0.25, 0.3) is 0 Å². The second-order valence-electron chi connectivity index (χ2n) is 4.68. The Morgan fingerprint density at radius 2 is 2.05 bits per heavy atom. The third kappa shape index (κ3) is 4.22. The van der Waals surface area contributed by atoms with E-state index in [0.29, 0.717) is 0 Å². The van der Waals surface area contributed by atoms with Gasteiger partial charge in [-0.05, 0) is 37.7 Å². The van der Waals surface area contributed by atoms with Crippen LogP contribution in [0, 0.1) is 0 Å². The predicted octanol–water partition coefficient (Wildman–Crippen LogP) is 2.42. The van der Waals surface area contributed by atoms with Gasteiger partial charge >= 0.3 is 0 Å². The number of aromatic hydroxyl groups is 1. The van der Waals surface area contributed by atoms with E-state index in [0.717, 1.165) is 25.5 Å². The number of rotatable bonds is 6. The van der Waals surface area contributed by atoms with Gasteiger partial charge in [0.2, 0.25) is 0 Å². The largest absolute Gasteiger partial charge is 0.506 e. The second-order valence-corrected chi connectivity index (χ2v) is 5.71. The van der Waals surface area contributed by atoms with Crippen molar-refractivity contribution in [1.29, 1.82) is 0 Å². The lowest BCUT2D eigenvalue weighted by Gasteiger charge is -2.24. The summed E-state index contributed by atoms with van der Waals surface area (Å²) in [4.78, 5) is 9.99. The fourth-order valence-corrected chi connectivity index (χ4v) is 2.47. The molecule has 0 fully saturated rings. The monoisotopic (exact) mass is 277 g/mol. The third-order valence-electron chi connectivity index (χ3n) is 2.80. The van der Waals surface area contributed by atoms with Crippen molar-refractivity contribution < 1.29 is 5.11 Å². The van der Waals surface area contributed by atoms with Gasteiger partial charge in [-0.1, -0.05) is 6.07 Å². The standard InChI is InChI=1S/C14H19N3OS/c1-16(2)7-8-17(11-13-4-3-9-19-13)14-6-5-12(18)10-15-14/h3-6,9-10,18H,7-8,11H2,1-2H3. The quantitative estimate of drug-likeness (QED) is 0.880. The summed E-state index contributed by atoms with van der Waals surface area (Å²) in [6.45, 7) is 2.72. The fourth-order valence-electron chi connectivity index (χ4n) is 1.75. The molecule has 0 saturated heterocycles. The first-order valence-corrected chi connectivity index (χ1v) is 7.10. The summed E-state index contributed by atoms with van der Waals surface area (Å²) in [7, 11) is 4.13. The third-order valence-corrected chi connectivity index (χ3v) is 3.66. The number of aromatic nitrogens is 1. The molecular weight excluding hydrogens is 258 g/mol. The minimum atomic E-state index is 0.201. The summed E-state index contributed by atoms with van der Waals surface area (Å²) in [5, 5.41) is 11.4. The SMILES string of the molecule is CN(C)CCN(Cc1cccs1)c1ccc(O)cn1. The van der Waals surface area contributed by atoms with Crippen molar-refractivity contribution in [3.05, 3.63) is 40.7 Å². The lowest BCUT2D eigenvalue weighted by molar-refractivity contribution is 0.412. The lowest BCUT2D eigenvalue weighted by Crippen LogP contribution is -2.31. The number of anilines is 1. The summed E-state index contributed by atoms with van der Waals surface area (Å²) >= 11 is 1.75. The molecule has 19 heavy (non-hydrogen) atoms. The van der Waals surface area contributed by atoms with Crippen LogP contribution in [-0.4, -0.2) is 42.2 Å². The molecule has 2 rings (SSSR count). The van der Waals surface area contributed by atoms with Gasteiger partial charge in [0, 0.05) is 18.0 Å². The van der Waals surface area contributed by atoms with Crippen LogP contribution < -0.4 is 4.90 Å². The van der Waals surface area contributed by atoms with E-state index >= 15 is 0 Å². The molecule has 0 radical (unpaired) electrons. The van der Waals surface area contributed by atoms with E-state index in [4.69, 9.17) is 0 Å². The molecule has 0 unspecified atom stereocenters. The molecule has 0 spiro atoms. The highest BCUT2D eigenvalue weighted by atomic mass is 32.1. The normalized spacial score (nSPS) is 10.9. The van der Waals surface area contributed by atoms with Gasteiger partial charge in [-0.25, -0.2) is 4.98 Å². The molecule has 2 aromatic rings. The Hall–Kier alpha value is -1.59. The van der Waals surface area contributed by atoms with Crippen LogP contribution in [0.4, 0.5) is 5.82 Å². The summed E-state index contributed by atoms with van der Waals surface area (Å²) in [6, 6.07) is 7.74. The average Bonchev–Trinajstić information content (AvgIpc) is 2.88. The van der Waals surface area contributed by atoms with Crippen molar-refractivity contribution in [3.8, 4) is 5.75 Å². The van der Waals surface area contributed by atoms with E-state index < -0.39 is 0 Å². The Balaban J connectivity index is 2.11. The molecule has 0 aliphatic carbocycles. The molecule has 0 aliphatic heterocycles. The van der Waals surface area contributed by atoms with Crippen LogP contribution in [0.25, 0.3) is 0 Å². The van der Waals surface area contributed by atoms with Crippen molar-refractivity contribution in [1.82, 2.24) is 9.88 Å². The van der Waals surface area contributed by atoms with E-state index in [-0.39, 0.29) is 5.75 Å². The maximum absolute atomic E-state index is 9.33. The van der Waals surface area contributed by atoms with E-state index in [1.165, 1.54) is 11.1 Å². The number of likely N-dealkylation sites (N-methyl/N-ethyl adjacent to an activating group) is 1. The molecule has 0 amide bonds. The first-order chi connectivity index (χ1) is 9.15. The van der Waals surface area contributed by atoms with Crippen LogP contribution in [0.15, 0.2) is 35.8 Å². The smallest absolute Gasteiger partial charge is 0.134 e. The van der Waals surface area contributed by atoms with Gasteiger partial charge in [0.15, 0.2) is 0 Å². The van der Waals surface area contributed by atoms with Crippen molar-refractivity contribution in [2.24, 2.45) is 0 Å². The van der Waals surface area contributed by atoms with Crippen molar-refractivity contribution in [2.45, 2.75) is 6.54 Å². The number of thiophene rings is 1. The molecule has 2 heterocycles. The van der Waals surface area contributed by atoms with Crippen molar-refractivity contribution >= 4 is 17.2 Å². The Morgan fingerprint density at radius 3 is 2.63 bits per heavy atom. The van der Waals surface area contributed by atoms with Gasteiger partial charge in [0.05, 0.1) is 12.7 Å². The molecule has 2 aromatic heterocycles. The first-order valence-electron chi connectivity index (χ1n) is 6.22. The lowest BCUT2D eigenvalue weighted by atomic mass is 10.3. The van der Waals surface area contributed by atoms with Crippen LogP contribution >= 0.6 is 11.3 Å². The maximum Gasteiger partial charge on any atom is 0.134 e. The zero-order valence-corrected chi connectivity index (χ0v) is 12.1. The van der Waals surface area contributed by atoms with Crippen molar-refractivity contribution in [2.75, 3.05) is 32.1 Å². The number of hydrogen-bond acceptors (Lipinski definition) is 5. The zero-order chi connectivity index (χ0) is 13.7. The molecule has 5 heteroatoms. The molecule has 0 saturated carbocycles. The van der Waals surface area contributed by atoms with Crippen LogP contribution in [0.2, 0.25) is 0 Å². The molecule has 4 nitrogen and oxygen atoms in total.